The van der Waals surface area contributed by atoms with Crippen LogP contribution in [0, 0.1) is 11.8 Å². The summed E-state index contributed by atoms with van der Waals surface area (Å²) in [7, 11) is 8.12. The number of rotatable bonds is 24. The Balaban J connectivity index is 1.34. The molecule has 2 N–H and O–H groups in total. The zero-order valence-electron chi connectivity index (χ0n) is 47.9. The van der Waals surface area contributed by atoms with Gasteiger partial charge in [-0.1, -0.05) is 170 Å². The van der Waals surface area contributed by atoms with E-state index in [0.29, 0.717) is 67.9 Å². The number of allylic oxidation sites excluding steroid dienone is 8. The molecule has 13 heteroatoms. The number of methoxy groups -OCH3 is 8. The number of sulfone groups is 1. The Bertz CT molecular complexity index is 3470. The molecule has 4 atom stereocenters. The van der Waals surface area contributed by atoms with Crippen LogP contribution in [0.15, 0.2) is 228 Å². The Morgan fingerprint density at radius 1 is 0.361 bits per heavy atom. The predicted octanol–water partition coefficient (Wildman–Crippen LogP) is 14.2. The van der Waals surface area contributed by atoms with Gasteiger partial charge in [-0.25, -0.2) is 8.42 Å². The molecule has 12 nitrogen and oxygen atoms in total. The molecule has 83 heavy (non-hydrogen) atoms. The van der Waals surface area contributed by atoms with Gasteiger partial charge in [-0.15, -0.1) is 0 Å². The normalized spacial score (nSPS) is 19.6. The summed E-state index contributed by atoms with van der Waals surface area (Å²) in [6, 6.07) is 44.7. The fourth-order valence-corrected chi connectivity index (χ4v) is 12.2. The average molecular weight is 1140 g/mol. The lowest BCUT2D eigenvalue weighted by molar-refractivity contribution is 0.0624. The molecule has 6 aromatic carbocycles. The predicted molar refractivity (Wildman–Crippen MR) is 333 cm³/mol. The molecule has 428 valence electrons. The molecule has 4 unspecified atom stereocenters. The summed E-state index contributed by atoms with van der Waals surface area (Å²) >= 11 is 0. The van der Waals surface area contributed by atoms with Crippen molar-refractivity contribution >= 4 is 46.3 Å². The largest absolute Gasteiger partial charge is 0.508 e. The van der Waals surface area contributed by atoms with Gasteiger partial charge in [0, 0.05) is 70.6 Å². The average Bonchev–Trinajstić information content (AvgIpc) is 2.73. The Morgan fingerprint density at radius 3 is 0.855 bits per heavy atom. The molecule has 2 aliphatic carbocycles. The van der Waals surface area contributed by atoms with Crippen molar-refractivity contribution in [2.75, 3.05) is 68.4 Å². The minimum absolute atomic E-state index is 0.241. The molecule has 0 fully saturated rings. The van der Waals surface area contributed by atoms with Crippen molar-refractivity contribution < 1.29 is 56.5 Å². The molecule has 0 spiro atoms. The lowest BCUT2D eigenvalue weighted by Crippen LogP contribution is -2.39. The Kier molecular flexibility index (Phi) is 20.0. The van der Waals surface area contributed by atoms with Gasteiger partial charge in [-0.3, -0.25) is 0 Å². The highest BCUT2D eigenvalue weighted by Crippen LogP contribution is 2.45. The van der Waals surface area contributed by atoms with Crippen molar-refractivity contribution in [3.05, 3.63) is 261 Å². The second-order valence-electron chi connectivity index (χ2n) is 19.5. The molecule has 2 aliphatic rings. The Labute approximate surface area is 487 Å². The number of hydrogen-bond acceptors (Lipinski definition) is 12. The molecule has 0 heterocycles. The molecule has 0 aliphatic heterocycles. The van der Waals surface area contributed by atoms with E-state index in [1.54, 1.807) is 103 Å². The standard InChI is InChI=1S/C70H70O12S/c1-75-61-27-15-9-21-49(61)33-35-55-45-69(81-7,43-41-53-25-13-19-31-65(53)79-5)67(71)57(39-37-51-23-11-17-29-63(51)77-3)59(55)47-83(73,74)48-60-56(36-34-50-22-10-16-28-62(50)76-2)46-70(82-8,44-42-54-26-14-20-32-66(54)80-6)68(72)58(60)40-38-52-24-12-18-30-64(52)78-4/h9-46,59-60,71-72H,47-48H2,1-8H3/b35-33+,36-34+,39-37+,40-38+,43-41+,44-42+. The molecule has 0 aromatic heterocycles. The van der Waals surface area contributed by atoms with Crippen molar-refractivity contribution in [3.8, 4) is 34.5 Å². The summed E-state index contributed by atoms with van der Waals surface area (Å²) in [5.41, 5.74) is 2.51. The summed E-state index contributed by atoms with van der Waals surface area (Å²) in [6.07, 6.45) is 24.9. The van der Waals surface area contributed by atoms with Crippen LogP contribution in [0.1, 0.15) is 33.4 Å². The molecule has 8 rings (SSSR count). The highest BCUT2D eigenvalue weighted by atomic mass is 32.2. The van der Waals surface area contributed by atoms with E-state index in [1.807, 2.05) is 170 Å². The van der Waals surface area contributed by atoms with Gasteiger partial charge in [0.25, 0.3) is 0 Å². The quantitative estimate of drug-likeness (QED) is 0.0594. The van der Waals surface area contributed by atoms with E-state index in [-0.39, 0.29) is 22.7 Å². The van der Waals surface area contributed by atoms with Gasteiger partial charge >= 0.3 is 0 Å². The van der Waals surface area contributed by atoms with Gasteiger partial charge in [-0.2, -0.15) is 0 Å². The zero-order valence-corrected chi connectivity index (χ0v) is 48.7. The maximum atomic E-state index is 15.9. The van der Waals surface area contributed by atoms with Crippen LogP contribution in [0.2, 0.25) is 0 Å². The highest BCUT2D eigenvalue weighted by Gasteiger charge is 2.44. The first kappa shape index (κ1) is 60.1. The fourth-order valence-electron chi connectivity index (χ4n) is 10.3. The van der Waals surface area contributed by atoms with Crippen molar-refractivity contribution in [1.29, 1.82) is 0 Å². The minimum atomic E-state index is -4.32. The monoisotopic (exact) mass is 1130 g/mol. The van der Waals surface area contributed by atoms with E-state index in [2.05, 4.69) is 0 Å². The minimum Gasteiger partial charge on any atom is -0.508 e. The molecule has 0 amide bonds. The smallest absolute Gasteiger partial charge is 0.162 e. The maximum absolute atomic E-state index is 15.9. The van der Waals surface area contributed by atoms with Crippen molar-refractivity contribution in [2.24, 2.45) is 11.8 Å². The number of aliphatic hydroxyl groups is 2. The third-order valence-electron chi connectivity index (χ3n) is 14.8. The first-order chi connectivity index (χ1) is 40.3. The van der Waals surface area contributed by atoms with Crippen LogP contribution in [-0.4, -0.2) is 98.2 Å². The van der Waals surface area contributed by atoms with Crippen LogP contribution >= 0.6 is 0 Å². The third kappa shape index (κ3) is 13.8. The summed E-state index contributed by atoms with van der Waals surface area (Å²) in [5.74, 6) is -0.0644. The van der Waals surface area contributed by atoms with Crippen LogP contribution in [0.3, 0.4) is 0 Å². The van der Waals surface area contributed by atoms with Gasteiger partial charge < -0.3 is 48.1 Å². The molecule has 0 bridgehead atoms. The SMILES string of the molecule is COc1ccccc1/C=C/C1=CC(/C=C/c2ccccc2OC)(OC)C(O)=C(/C=C/c2ccccc2OC)C1CS(=O)(=O)CC1C(/C=C/c2ccccc2OC)=CC(/C=C/c2ccccc2OC)(OC)C(O)=C1/C=C/c1ccccc1OC. The summed E-state index contributed by atoms with van der Waals surface area (Å²) < 4.78 is 79.0. The van der Waals surface area contributed by atoms with E-state index >= 15 is 8.42 Å². The summed E-state index contributed by atoms with van der Waals surface area (Å²) in [5, 5.41) is 25.9. The molecular formula is C70H70O12S. The number of hydrogen-bond donors (Lipinski definition) is 2. The van der Waals surface area contributed by atoms with Crippen LogP contribution in [0.25, 0.3) is 36.5 Å². The van der Waals surface area contributed by atoms with Gasteiger partial charge in [-0.05, 0) is 71.8 Å². The fraction of sp³-hybridized carbons (Fsp3) is 0.200. The molecule has 6 aromatic rings. The van der Waals surface area contributed by atoms with Crippen LogP contribution in [0.5, 0.6) is 34.5 Å². The lowest BCUT2D eigenvalue weighted by Gasteiger charge is -2.37. The van der Waals surface area contributed by atoms with Crippen LogP contribution in [0.4, 0.5) is 0 Å². The number of ether oxygens (including phenoxy) is 8. The number of para-hydroxylation sites is 6. The third-order valence-corrected chi connectivity index (χ3v) is 16.5. The van der Waals surface area contributed by atoms with Crippen molar-refractivity contribution in [1.82, 2.24) is 0 Å². The molecule has 0 saturated heterocycles. The van der Waals surface area contributed by atoms with Crippen LogP contribution in [-0.2, 0) is 19.3 Å². The first-order valence-electron chi connectivity index (χ1n) is 26.8. The van der Waals surface area contributed by atoms with E-state index in [0.717, 1.165) is 11.1 Å². The van der Waals surface area contributed by atoms with Gasteiger partial charge in [0.2, 0.25) is 0 Å². The van der Waals surface area contributed by atoms with Gasteiger partial charge in [0.15, 0.2) is 21.0 Å². The lowest BCUT2D eigenvalue weighted by atomic mass is 9.78. The van der Waals surface area contributed by atoms with Crippen molar-refractivity contribution in [2.45, 2.75) is 11.2 Å². The van der Waals surface area contributed by atoms with E-state index in [1.165, 1.54) is 14.2 Å². The Hall–Kier alpha value is -9.01. The topological polar surface area (TPSA) is 148 Å². The second-order valence-corrected chi connectivity index (χ2v) is 21.7. The second kappa shape index (κ2) is 27.6. The molecular weight excluding hydrogens is 1060 g/mol. The Morgan fingerprint density at radius 2 is 0.602 bits per heavy atom. The number of benzene rings is 6. The van der Waals surface area contributed by atoms with E-state index in [4.69, 9.17) is 37.9 Å². The first-order valence-corrected chi connectivity index (χ1v) is 28.6. The summed E-state index contributed by atoms with van der Waals surface area (Å²) in [6.45, 7) is 0. The maximum Gasteiger partial charge on any atom is 0.162 e. The van der Waals surface area contributed by atoms with Gasteiger partial charge in [0.05, 0.1) is 54.2 Å². The highest BCUT2D eigenvalue weighted by molar-refractivity contribution is 7.91. The van der Waals surface area contributed by atoms with E-state index < -0.39 is 44.4 Å². The zero-order chi connectivity index (χ0) is 59.0. The van der Waals surface area contributed by atoms with Crippen molar-refractivity contribution in [3.63, 3.8) is 0 Å². The number of aliphatic hydroxyl groups excluding tert-OH is 2. The molecule has 0 saturated carbocycles. The molecule has 0 radical (unpaired) electrons. The van der Waals surface area contributed by atoms with Gasteiger partial charge in [0.1, 0.15) is 46.0 Å². The summed E-state index contributed by atoms with van der Waals surface area (Å²) in [4.78, 5) is 0. The van der Waals surface area contributed by atoms with Crippen LogP contribution < -0.4 is 28.4 Å². The van der Waals surface area contributed by atoms with E-state index in [9.17, 15) is 10.2 Å².